The molecule has 1 fully saturated rings. The summed E-state index contributed by atoms with van der Waals surface area (Å²) in [4.78, 5) is 0. The molecule has 0 unspecified atom stereocenters. The lowest BCUT2D eigenvalue weighted by Gasteiger charge is -2.44. The highest BCUT2D eigenvalue weighted by Crippen LogP contribution is 2.49. The molecule has 18 heavy (non-hydrogen) atoms. The largest absolute Gasteiger partial charge is 0.330 e. The SMILES string of the molecule is C=C(CC)C1(c2ccc(CCCN)cc2)CCC1. The van der Waals surface area contributed by atoms with Gasteiger partial charge < -0.3 is 5.73 Å². The molecule has 0 heterocycles. The van der Waals surface area contributed by atoms with Crippen LogP contribution >= 0.6 is 0 Å². The van der Waals surface area contributed by atoms with Gasteiger partial charge in [-0.15, -0.1) is 0 Å². The van der Waals surface area contributed by atoms with E-state index in [2.05, 4.69) is 37.8 Å². The summed E-state index contributed by atoms with van der Waals surface area (Å²) in [6.45, 7) is 7.30. The maximum atomic E-state index is 5.55. The maximum absolute atomic E-state index is 5.55. The Morgan fingerprint density at radius 3 is 2.39 bits per heavy atom. The van der Waals surface area contributed by atoms with Crippen LogP contribution in [-0.4, -0.2) is 6.54 Å². The Balaban J connectivity index is 2.15. The predicted molar refractivity (Wildman–Crippen MR) is 78.8 cm³/mol. The molecular weight excluding hydrogens is 218 g/mol. The van der Waals surface area contributed by atoms with Crippen molar-refractivity contribution in [3.8, 4) is 0 Å². The Labute approximate surface area is 111 Å². The molecule has 0 saturated heterocycles. The molecule has 2 N–H and O–H groups in total. The molecule has 0 amide bonds. The summed E-state index contributed by atoms with van der Waals surface area (Å²) in [5.41, 5.74) is 10.1. The standard InChI is InChI=1S/C17H25N/c1-3-14(2)17(11-5-12-17)16-9-7-15(8-10-16)6-4-13-18/h7-10H,2-6,11-13,18H2,1H3. The minimum atomic E-state index is 0.293. The molecule has 1 nitrogen and oxygen atoms in total. The van der Waals surface area contributed by atoms with Crippen molar-refractivity contribution < 1.29 is 0 Å². The number of hydrogen-bond acceptors (Lipinski definition) is 1. The molecule has 1 aliphatic carbocycles. The van der Waals surface area contributed by atoms with Crippen LogP contribution in [-0.2, 0) is 11.8 Å². The van der Waals surface area contributed by atoms with Crippen LogP contribution in [0.3, 0.4) is 0 Å². The molecule has 0 aliphatic heterocycles. The summed E-state index contributed by atoms with van der Waals surface area (Å²) >= 11 is 0. The van der Waals surface area contributed by atoms with Crippen LogP contribution in [0.25, 0.3) is 0 Å². The van der Waals surface area contributed by atoms with E-state index in [-0.39, 0.29) is 0 Å². The number of benzene rings is 1. The van der Waals surface area contributed by atoms with E-state index in [4.69, 9.17) is 5.73 Å². The second-order valence-corrected chi connectivity index (χ2v) is 5.48. The topological polar surface area (TPSA) is 26.0 Å². The molecule has 0 aromatic heterocycles. The molecule has 98 valence electrons. The highest BCUT2D eigenvalue weighted by atomic mass is 14.5. The van der Waals surface area contributed by atoms with Crippen LogP contribution in [0.4, 0.5) is 0 Å². The third-order valence-electron chi connectivity index (χ3n) is 4.49. The first-order chi connectivity index (χ1) is 8.73. The molecule has 0 bridgehead atoms. The van der Waals surface area contributed by atoms with Gasteiger partial charge in [-0.25, -0.2) is 0 Å². The van der Waals surface area contributed by atoms with Crippen molar-refractivity contribution in [3.63, 3.8) is 0 Å². The van der Waals surface area contributed by atoms with Crippen LogP contribution in [0.1, 0.15) is 50.2 Å². The van der Waals surface area contributed by atoms with Crippen LogP contribution in [0.2, 0.25) is 0 Å². The van der Waals surface area contributed by atoms with Gasteiger partial charge in [0.15, 0.2) is 0 Å². The van der Waals surface area contributed by atoms with Crippen molar-refractivity contribution >= 4 is 0 Å². The average molecular weight is 243 g/mol. The zero-order valence-corrected chi connectivity index (χ0v) is 11.5. The molecule has 0 radical (unpaired) electrons. The normalized spacial score (nSPS) is 17.2. The van der Waals surface area contributed by atoms with Gasteiger partial charge in [-0.3, -0.25) is 0 Å². The zero-order chi connectivity index (χ0) is 13.0. The molecule has 1 aliphatic rings. The second-order valence-electron chi connectivity index (χ2n) is 5.48. The third-order valence-corrected chi connectivity index (χ3v) is 4.49. The summed E-state index contributed by atoms with van der Waals surface area (Å²) in [6, 6.07) is 9.17. The highest BCUT2D eigenvalue weighted by Gasteiger charge is 2.40. The summed E-state index contributed by atoms with van der Waals surface area (Å²) in [6.07, 6.45) is 7.16. The van der Waals surface area contributed by atoms with Crippen molar-refractivity contribution in [2.75, 3.05) is 6.54 Å². The van der Waals surface area contributed by atoms with Crippen molar-refractivity contribution in [1.29, 1.82) is 0 Å². The minimum absolute atomic E-state index is 0.293. The molecule has 1 aromatic rings. The highest BCUT2D eigenvalue weighted by molar-refractivity contribution is 5.39. The molecule has 1 heteroatoms. The average Bonchev–Trinajstić information content (AvgIpc) is 2.36. The molecular formula is C17H25N. The van der Waals surface area contributed by atoms with Crippen molar-refractivity contribution in [2.24, 2.45) is 5.73 Å². The summed E-state index contributed by atoms with van der Waals surface area (Å²) in [7, 11) is 0. The van der Waals surface area contributed by atoms with Crippen molar-refractivity contribution in [3.05, 3.63) is 47.5 Å². The first kappa shape index (κ1) is 13.4. The third kappa shape index (κ3) is 2.37. The maximum Gasteiger partial charge on any atom is 0.0159 e. The van der Waals surface area contributed by atoms with E-state index in [1.807, 2.05) is 0 Å². The minimum Gasteiger partial charge on any atom is -0.330 e. The molecule has 1 saturated carbocycles. The number of aryl methyl sites for hydroxylation is 1. The van der Waals surface area contributed by atoms with Crippen molar-refractivity contribution in [2.45, 2.75) is 50.9 Å². The van der Waals surface area contributed by atoms with Gasteiger partial charge in [0, 0.05) is 5.41 Å². The Morgan fingerprint density at radius 1 is 1.28 bits per heavy atom. The van der Waals surface area contributed by atoms with Crippen molar-refractivity contribution in [1.82, 2.24) is 0 Å². The zero-order valence-electron chi connectivity index (χ0n) is 11.5. The Bertz CT molecular complexity index is 398. The van der Waals surface area contributed by atoms with Crippen LogP contribution in [0.15, 0.2) is 36.4 Å². The molecule has 0 atom stereocenters. The van der Waals surface area contributed by atoms with Crippen LogP contribution in [0.5, 0.6) is 0 Å². The molecule has 0 spiro atoms. The van der Waals surface area contributed by atoms with Gasteiger partial charge in [0.1, 0.15) is 0 Å². The lowest BCUT2D eigenvalue weighted by Crippen LogP contribution is -2.35. The quantitative estimate of drug-likeness (QED) is 0.752. The summed E-state index contributed by atoms with van der Waals surface area (Å²) in [5.74, 6) is 0. The number of allylic oxidation sites excluding steroid dienone is 1. The molecule has 1 aromatic carbocycles. The lowest BCUT2D eigenvalue weighted by atomic mass is 9.60. The number of hydrogen-bond donors (Lipinski definition) is 1. The Morgan fingerprint density at radius 2 is 1.94 bits per heavy atom. The van der Waals surface area contributed by atoms with Gasteiger partial charge in [-0.2, -0.15) is 0 Å². The smallest absolute Gasteiger partial charge is 0.0159 e. The van der Waals surface area contributed by atoms with E-state index in [0.717, 1.165) is 25.8 Å². The van der Waals surface area contributed by atoms with E-state index < -0.39 is 0 Å². The monoisotopic (exact) mass is 243 g/mol. The Hall–Kier alpha value is -1.08. The van der Waals surface area contributed by atoms with E-state index in [0.29, 0.717) is 5.41 Å². The van der Waals surface area contributed by atoms with Gasteiger partial charge in [0.05, 0.1) is 0 Å². The summed E-state index contributed by atoms with van der Waals surface area (Å²) in [5, 5.41) is 0. The number of nitrogens with two attached hydrogens (primary N) is 1. The van der Waals surface area contributed by atoms with Gasteiger partial charge >= 0.3 is 0 Å². The van der Waals surface area contributed by atoms with Gasteiger partial charge in [-0.1, -0.05) is 49.8 Å². The fourth-order valence-corrected chi connectivity index (χ4v) is 3.01. The molecule has 2 rings (SSSR count). The Kier molecular flexibility index (Phi) is 4.23. The lowest BCUT2D eigenvalue weighted by molar-refractivity contribution is 0.289. The van der Waals surface area contributed by atoms with Crippen LogP contribution < -0.4 is 5.73 Å². The van der Waals surface area contributed by atoms with E-state index >= 15 is 0 Å². The van der Waals surface area contributed by atoms with E-state index in [9.17, 15) is 0 Å². The van der Waals surface area contributed by atoms with Gasteiger partial charge in [0.2, 0.25) is 0 Å². The second kappa shape index (κ2) is 5.71. The van der Waals surface area contributed by atoms with Gasteiger partial charge in [-0.05, 0) is 49.8 Å². The first-order valence-corrected chi connectivity index (χ1v) is 7.20. The fourth-order valence-electron chi connectivity index (χ4n) is 3.01. The number of rotatable bonds is 6. The predicted octanol–water partition coefficient (Wildman–Crippen LogP) is 3.97. The van der Waals surface area contributed by atoms with Crippen LogP contribution in [0, 0.1) is 0 Å². The first-order valence-electron chi connectivity index (χ1n) is 7.20. The van der Waals surface area contributed by atoms with Gasteiger partial charge in [0.25, 0.3) is 0 Å². The fraction of sp³-hybridized carbons (Fsp3) is 0.529. The summed E-state index contributed by atoms with van der Waals surface area (Å²) < 4.78 is 0. The van der Waals surface area contributed by atoms with E-state index in [1.165, 1.54) is 36.0 Å². The van der Waals surface area contributed by atoms with E-state index in [1.54, 1.807) is 0 Å².